The summed E-state index contributed by atoms with van der Waals surface area (Å²) in [6, 6.07) is 0.256. The number of likely N-dealkylation sites (N-methyl/N-ethyl adjacent to an activating group) is 1. The van der Waals surface area contributed by atoms with Gasteiger partial charge in [-0.15, -0.1) is 0 Å². The summed E-state index contributed by atoms with van der Waals surface area (Å²) in [5.41, 5.74) is 0. The molecule has 17 heavy (non-hydrogen) atoms. The monoisotopic (exact) mass is 262 g/mol. The number of hydrogen-bond acceptors (Lipinski definition) is 3. The van der Waals surface area contributed by atoms with E-state index in [-0.39, 0.29) is 11.8 Å². The molecule has 1 fully saturated rings. The summed E-state index contributed by atoms with van der Waals surface area (Å²) >= 11 is 0. The Labute approximate surface area is 106 Å². The highest BCUT2D eigenvalue weighted by Crippen LogP contribution is 2.25. The highest BCUT2D eigenvalue weighted by Gasteiger charge is 2.30. The quantitative estimate of drug-likeness (QED) is 0.698. The lowest BCUT2D eigenvalue weighted by molar-refractivity contribution is 0.282. The molecule has 0 amide bonds. The van der Waals surface area contributed by atoms with Crippen LogP contribution < -0.4 is 0 Å². The molecule has 1 aliphatic rings. The Morgan fingerprint density at radius 2 is 1.71 bits per heavy atom. The molecular weight excluding hydrogens is 236 g/mol. The molecule has 0 spiro atoms. The lowest BCUT2D eigenvalue weighted by Gasteiger charge is -2.29. The predicted octanol–water partition coefficient (Wildman–Crippen LogP) is 1.53. The molecule has 0 N–H and O–H groups in total. The predicted molar refractivity (Wildman–Crippen MR) is 71.6 cm³/mol. The maximum absolute atomic E-state index is 12.2. The summed E-state index contributed by atoms with van der Waals surface area (Å²) in [5.74, 6) is 0.289. The Bertz CT molecular complexity index is 308. The van der Waals surface area contributed by atoms with Crippen LogP contribution in [-0.2, 0) is 10.0 Å². The summed E-state index contributed by atoms with van der Waals surface area (Å²) in [5, 5.41) is 0. The maximum Gasteiger partial charge on any atom is 0.214 e. The fourth-order valence-corrected chi connectivity index (χ4v) is 4.19. The van der Waals surface area contributed by atoms with Crippen LogP contribution in [0.2, 0.25) is 0 Å². The zero-order valence-corrected chi connectivity index (χ0v) is 12.2. The first-order valence-electron chi connectivity index (χ1n) is 6.61. The van der Waals surface area contributed by atoms with Gasteiger partial charge in [0.1, 0.15) is 0 Å². The van der Waals surface area contributed by atoms with E-state index in [0.29, 0.717) is 13.0 Å². The maximum atomic E-state index is 12.2. The molecule has 0 aliphatic heterocycles. The van der Waals surface area contributed by atoms with Gasteiger partial charge in [-0.3, -0.25) is 0 Å². The van der Waals surface area contributed by atoms with Gasteiger partial charge in [0.25, 0.3) is 0 Å². The van der Waals surface area contributed by atoms with E-state index in [0.717, 1.165) is 19.4 Å². The van der Waals surface area contributed by atoms with Gasteiger partial charge in [-0.1, -0.05) is 19.8 Å². The molecular formula is C12H26N2O2S. The number of rotatable bonds is 7. The van der Waals surface area contributed by atoms with Gasteiger partial charge in [-0.05, 0) is 33.4 Å². The van der Waals surface area contributed by atoms with Crippen LogP contribution in [0.1, 0.15) is 39.0 Å². The van der Waals surface area contributed by atoms with E-state index in [2.05, 4.69) is 0 Å². The minimum Gasteiger partial charge on any atom is -0.308 e. The first-order valence-corrected chi connectivity index (χ1v) is 8.22. The first kappa shape index (κ1) is 14.9. The summed E-state index contributed by atoms with van der Waals surface area (Å²) < 4.78 is 26.2. The van der Waals surface area contributed by atoms with Crippen molar-refractivity contribution in [1.29, 1.82) is 0 Å². The van der Waals surface area contributed by atoms with E-state index in [1.165, 1.54) is 12.8 Å². The topological polar surface area (TPSA) is 40.6 Å². The molecule has 0 aromatic rings. The van der Waals surface area contributed by atoms with Gasteiger partial charge in [-0.2, -0.15) is 4.31 Å². The van der Waals surface area contributed by atoms with E-state index in [9.17, 15) is 8.42 Å². The van der Waals surface area contributed by atoms with E-state index in [1.807, 2.05) is 25.9 Å². The molecule has 0 radical (unpaired) electrons. The normalized spacial score (nSPS) is 18.4. The van der Waals surface area contributed by atoms with Crippen molar-refractivity contribution in [1.82, 2.24) is 9.21 Å². The minimum atomic E-state index is -3.04. The van der Waals surface area contributed by atoms with Gasteiger partial charge >= 0.3 is 0 Å². The van der Waals surface area contributed by atoms with Crippen LogP contribution >= 0.6 is 0 Å². The van der Waals surface area contributed by atoms with Crippen LogP contribution in [0.25, 0.3) is 0 Å². The zero-order valence-electron chi connectivity index (χ0n) is 11.4. The van der Waals surface area contributed by atoms with E-state index in [4.69, 9.17) is 0 Å². The van der Waals surface area contributed by atoms with Crippen molar-refractivity contribution in [3.8, 4) is 0 Å². The molecule has 102 valence electrons. The summed E-state index contributed by atoms with van der Waals surface area (Å²) in [7, 11) is 0.926. The Morgan fingerprint density at radius 3 is 2.18 bits per heavy atom. The fraction of sp³-hybridized carbons (Fsp3) is 1.00. The highest BCUT2D eigenvalue weighted by atomic mass is 32.2. The SMILES string of the molecule is CCCS(=O)(=O)N(CCN(C)C)C1CCCC1. The Hall–Kier alpha value is -0.130. The Morgan fingerprint density at radius 1 is 1.12 bits per heavy atom. The Kier molecular flexibility index (Phi) is 5.89. The second-order valence-electron chi connectivity index (χ2n) is 5.17. The molecule has 1 aliphatic carbocycles. The van der Waals surface area contributed by atoms with Crippen LogP contribution in [0.4, 0.5) is 0 Å². The van der Waals surface area contributed by atoms with Gasteiger partial charge < -0.3 is 4.90 Å². The molecule has 1 rings (SSSR count). The van der Waals surface area contributed by atoms with Crippen LogP contribution in [-0.4, -0.2) is 56.6 Å². The molecule has 0 saturated heterocycles. The molecule has 5 heteroatoms. The fourth-order valence-electron chi connectivity index (χ4n) is 2.41. The Balaban J connectivity index is 2.70. The molecule has 0 bridgehead atoms. The summed E-state index contributed by atoms with van der Waals surface area (Å²) in [4.78, 5) is 2.05. The lowest BCUT2D eigenvalue weighted by Crippen LogP contribution is -2.43. The van der Waals surface area contributed by atoms with Gasteiger partial charge in [0.05, 0.1) is 5.75 Å². The van der Waals surface area contributed by atoms with Crippen LogP contribution in [0.15, 0.2) is 0 Å². The van der Waals surface area contributed by atoms with Crippen LogP contribution in [0.3, 0.4) is 0 Å². The third-order valence-electron chi connectivity index (χ3n) is 3.32. The molecule has 1 saturated carbocycles. The molecule has 0 atom stereocenters. The molecule has 0 aromatic heterocycles. The number of nitrogens with zero attached hydrogens (tertiary/aromatic N) is 2. The van der Waals surface area contributed by atoms with Crippen molar-refractivity contribution < 1.29 is 8.42 Å². The molecule has 0 aromatic carbocycles. The van der Waals surface area contributed by atoms with Gasteiger partial charge in [0.15, 0.2) is 0 Å². The van der Waals surface area contributed by atoms with E-state index in [1.54, 1.807) is 4.31 Å². The van der Waals surface area contributed by atoms with Crippen LogP contribution in [0.5, 0.6) is 0 Å². The van der Waals surface area contributed by atoms with Gasteiger partial charge in [0, 0.05) is 19.1 Å². The lowest BCUT2D eigenvalue weighted by atomic mass is 10.2. The second kappa shape index (κ2) is 6.71. The van der Waals surface area contributed by atoms with Crippen molar-refractivity contribution in [2.75, 3.05) is 32.9 Å². The van der Waals surface area contributed by atoms with Crippen molar-refractivity contribution in [3.05, 3.63) is 0 Å². The molecule has 0 heterocycles. The standard InChI is InChI=1S/C12H26N2O2S/c1-4-11-17(15,16)14(10-9-13(2)3)12-7-5-6-8-12/h12H,4-11H2,1-3H3. The summed E-state index contributed by atoms with van der Waals surface area (Å²) in [6.07, 6.45) is 5.12. The molecule has 0 unspecified atom stereocenters. The number of sulfonamides is 1. The van der Waals surface area contributed by atoms with Crippen molar-refractivity contribution >= 4 is 10.0 Å². The average molecular weight is 262 g/mol. The average Bonchev–Trinajstić information content (AvgIpc) is 2.70. The van der Waals surface area contributed by atoms with Crippen LogP contribution in [0, 0.1) is 0 Å². The highest BCUT2D eigenvalue weighted by molar-refractivity contribution is 7.89. The van der Waals surface area contributed by atoms with Crippen molar-refractivity contribution in [3.63, 3.8) is 0 Å². The zero-order chi connectivity index (χ0) is 12.9. The third kappa shape index (κ3) is 4.56. The first-order chi connectivity index (χ1) is 7.97. The van der Waals surface area contributed by atoms with Gasteiger partial charge in [0.2, 0.25) is 10.0 Å². The smallest absolute Gasteiger partial charge is 0.214 e. The van der Waals surface area contributed by atoms with Crippen molar-refractivity contribution in [2.24, 2.45) is 0 Å². The second-order valence-corrected chi connectivity index (χ2v) is 7.21. The number of hydrogen-bond donors (Lipinski definition) is 0. The minimum absolute atomic E-state index is 0.256. The van der Waals surface area contributed by atoms with Crippen molar-refractivity contribution in [2.45, 2.75) is 45.1 Å². The third-order valence-corrected chi connectivity index (χ3v) is 5.44. The van der Waals surface area contributed by atoms with E-state index >= 15 is 0 Å². The van der Waals surface area contributed by atoms with Gasteiger partial charge in [-0.25, -0.2) is 8.42 Å². The largest absolute Gasteiger partial charge is 0.308 e. The summed E-state index contributed by atoms with van der Waals surface area (Å²) in [6.45, 7) is 3.37. The molecule has 4 nitrogen and oxygen atoms in total. The van der Waals surface area contributed by atoms with E-state index < -0.39 is 10.0 Å².